The number of thioether (sulfide) groups is 1. The third-order valence-electron chi connectivity index (χ3n) is 11.7. The Bertz CT molecular complexity index is 2530. The zero-order valence-electron chi connectivity index (χ0n) is 41.7. The summed E-state index contributed by atoms with van der Waals surface area (Å²) in [6, 6.07) is 9.73. The van der Waals surface area contributed by atoms with Crippen molar-refractivity contribution >= 4 is 65.1 Å². The van der Waals surface area contributed by atoms with Crippen LogP contribution < -0.4 is 21.3 Å². The first kappa shape index (κ1) is 58.4. The third-order valence-corrected chi connectivity index (χ3v) is 12.7. The number of carboxylic acid groups (broad SMARTS) is 2. The van der Waals surface area contributed by atoms with Crippen molar-refractivity contribution in [3.63, 3.8) is 0 Å². The highest BCUT2D eigenvalue weighted by Crippen LogP contribution is 2.41. The van der Waals surface area contributed by atoms with Gasteiger partial charge in [0.1, 0.15) is 29.8 Å². The third kappa shape index (κ3) is 18.1. The molecule has 3 aromatic rings. The fourth-order valence-corrected chi connectivity index (χ4v) is 8.94. The zero-order valence-corrected chi connectivity index (χ0v) is 42.5. The van der Waals surface area contributed by atoms with Gasteiger partial charge in [-0.2, -0.15) is 0 Å². The van der Waals surface area contributed by atoms with Gasteiger partial charge >= 0.3 is 11.9 Å². The highest BCUT2D eigenvalue weighted by Gasteiger charge is 2.38. The van der Waals surface area contributed by atoms with Crippen LogP contribution in [0.1, 0.15) is 96.9 Å². The highest BCUT2D eigenvalue weighted by atomic mass is 32.2. The van der Waals surface area contributed by atoms with Gasteiger partial charge in [-0.05, 0) is 73.9 Å². The number of unbranched alkanes of at least 4 members (excludes halogenated alkanes) is 2. The number of nitrogens with zero attached hydrogens (tertiary/aromatic N) is 3. The minimum Gasteiger partial charge on any atom is -0.481 e. The van der Waals surface area contributed by atoms with Gasteiger partial charge in [-0.1, -0.05) is 64.1 Å². The molecule has 2 aromatic carbocycles. The van der Waals surface area contributed by atoms with Gasteiger partial charge in [-0.3, -0.25) is 43.3 Å². The van der Waals surface area contributed by atoms with Crippen LogP contribution in [-0.2, 0) is 49.7 Å². The van der Waals surface area contributed by atoms with E-state index >= 15 is 4.39 Å². The summed E-state index contributed by atoms with van der Waals surface area (Å²) < 4.78 is 31.8. The molecule has 73 heavy (non-hydrogen) atoms. The van der Waals surface area contributed by atoms with E-state index in [0.717, 1.165) is 40.4 Å². The summed E-state index contributed by atoms with van der Waals surface area (Å²) in [6.45, 7) is 13.1. The van der Waals surface area contributed by atoms with Gasteiger partial charge in [0.2, 0.25) is 29.5 Å². The van der Waals surface area contributed by atoms with Crippen LogP contribution in [0.5, 0.6) is 0 Å². The number of carboxylic acids is 2. The maximum absolute atomic E-state index is 15.4. The molecular formula is C52H65F2N7O11S. The second-order valence-electron chi connectivity index (χ2n) is 18.8. The topological polar surface area (TPSA) is 254 Å². The molecule has 1 aliphatic rings. The number of carbonyl (C=O) groups is 9. The highest BCUT2D eigenvalue weighted by molar-refractivity contribution is 8.00. The number of carbonyl (C=O) groups excluding carboxylic acids is 7. The molecule has 0 saturated heterocycles. The summed E-state index contributed by atoms with van der Waals surface area (Å²) in [7, 11) is 0. The molecular weight excluding hydrogens is 969 g/mol. The smallest absolute Gasteiger partial charge is 0.327 e. The van der Waals surface area contributed by atoms with Crippen LogP contribution in [0.2, 0.25) is 0 Å². The summed E-state index contributed by atoms with van der Waals surface area (Å²) in [6.07, 6.45) is 4.84. The maximum Gasteiger partial charge on any atom is 0.327 e. The Morgan fingerprint density at radius 1 is 0.822 bits per heavy atom. The number of rotatable bonds is 29. The van der Waals surface area contributed by atoms with E-state index < -0.39 is 95.5 Å². The molecule has 0 radical (unpaired) electrons. The van der Waals surface area contributed by atoms with E-state index in [0.29, 0.717) is 36.1 Å². The van der Waals surface area contributed by atoms with Crippen LogP contribution in [0.3, 0.4) is 0 Å². The van der Waals surface area contributed by atoms with Crippen molar-refractivity contribution in [2.24, 2.45) is 5.41 Å². The largest absolute Gasteiger partial charge is 0.481 e. The summed E-state index contributed by atoms with van der Waals surface area (Å²) in [5.74, 6) is -8.16. The second-order valence-corrected chi connectivity index (χ2v) is 19.8. The first-order valence-corrected chi connectivity index (χ1v) is 25.0. The summed E-state index contributed by atoms with van der Waals surface area (Å²) in [5, 5.41) is 29.1. The number of benzene rings is 2. The Morgan fingerprint density at radius 3 is 2.12 bits per heavy atom. The Labute approximate surface area is 427 Å². The van der Waals surface area contributed by atoms with E-state index in [-0.39, 0.29) is 67.9 Å². The molecule has 1 aromatic heterocycles. The van der Waals surface area contributed by atoms with E-state index in [2.05, 4.69) is 27.8 Å². The van der Waals surface area contributed by atoms with Crippen molar-refractivity contribution in [2.45, 2.75) is 110 Å². The number of hydrogen-bond acceptors (Lipinski definition) is 10. The summed E-state index contributed by atoms with van der Waals surface area (Å²) in [5.41, 5.74) is 1.34. The Morgan fingerprint density at radius 2 is 1.49 bits per heavy atom. The van der Waals surface area contributed by atoms with E-state index in [4.69, 9.17) is 5.11 Å². The monoisotopic (exact) mass is 1030 g/mol. The quantitative estimate of drug-likeness (QED) is 0.0301. The van der Waals surface area contributed by atoms with Gasteiger partial charge in [0.25, 0.3) is 11.8 Å². The van der Waals surface area contributed by atoms with Gasteiger partial charge in [0, 0.05) is 79.9 Å². The Balaban J connectivity index is 1.50. The van der Waals surface area contributed by atoms with E-state index in [1.165, 1.54) is 19.1 Å². The van der Waals surface area contributed by atoms with Crippen molar-refractivity contribution < 1.29 is 62.1 Å². The first-order chi connectivity index (χ1) is 34.5. The Hall–Kier alpha value is -7.16. The van der Waals surface area contributed by atoms with Crippen molar-refractivity contribution in [3.05, 3.63) is 108 Å². The number of aromatic nitrogens is 1. The minimum atomic E-state index is -1.44. The molecule has 1 aliphatic heterocycles. The minimum absolute atomic E-state index is 0.00188. The summed E-state index contributed by atoms with van der Waals surface area (Å²) >= 11 is 0.932. The van der Waals surface area contributed by atoms with Gasteiger partial charge in [-0.25, -0.2) is 13.6 Å². The lowest BCUT2D eigenvalue weighted by Crippen LogP contribution is -2.53. The number of aliphatic carboxylic acids is 2. The van der Waals surface area contributed by atoms with E-state index in [1.807, 2.05) is 55.7 Å². The van der Waals surface area contributed by atoms with Gasteiger partial charge in [0.15, 0.2) is 0 Å². The molecule has 4 rings (SSSR count). The van der Waals surface area contributed by atoms with Gasteiger partial charge in [0.05, 0.1) is 18.2 Å². The van der Waals surface area contributed by atoms with Crippen molar-refractivity contribution in [1.82, 2.24) is 35.6 Å². The predicted octanol–water partition coefficient (Wildman–Crippen LogP) is 5.12. The molecule has 7 amide bonds. The lowest BCUT2D eigenvalue weighted by atomic mass is 9.83. The number of nitrogens with one attached hydrogen (secondary N) is 4. The number of halogens is 2. The molecule has 21 heteroatoms. The standard InChI is InChI=1S/C52H65F2N7O11S/c1-32(2)47(58-41(62)16-11-8-12-24-60-43(64)20-21-44(60)65)50(70)56-33(3)49(69)55-23-13-25-61(45(66)31-73-30-39(51(71)72)57-42(63)19-22-46(67)68)48(52(4,5)6)40-26-35(37-27-36(53)17-18-38(37)54)29-59(40)28-34-14-9-7-10-15-34/h7,9-10,14-15,17-18,20-21,26-27,29,33,39,47-48H,1,8,11-13,16,19,22-25,28,30-31H2,2-6H3,(H,55,69)(H,56,70)(H,57,63)(H,58,62)(H,67,68)(H,71,72)/t33-,39-,47-,48-/m0/s1. The average Bonchev–Trinajstić information content (AvgIpc) is 3.88. The average molecular weight is 1030 g/mol. The normalized spacial score (nSPS) is 13.9. The molecule has 4 atom stereocenters. The molecule has 18 nitrogen and oxygen atoms in total. The van der Waals surface area contributed by atoms with Crippen molar-refractivity contribution in [1.29, 1.82) is 0 Å². The zero-order chi connectivity index (χ0) is 54.0. The van der Waals surface area contributed by atoms with Crippen LogP contribution >= 0.6 is 11.8 Å². The van der Waals surface area contributed by atoms with Crippen molar-refractivity contribution in [2.75, 3.05) is 31.1 Å². The molecule has 2 heterocycles. The Kier molecular flexibility index (Phi) is 22.1. The van der Waals surface area contributed by atoms with Gasteiger partial charge < -0.3 is 40.9 Å². The molecule has 0 saturated carbocycles. The SMILES string of the molecule is C=C(C)[C@H](NC(=O)CCCCCN1C(=O)C=CC1=O)C(=O)N[C@@H](C)C(=O)NCCCN(C(=O)CSC[C@H](NC(=O)CCC(=O)O)C(=O)O)[C@@H](c1cc(-c2cc(F)ccc2F)cn1Cc1ccccc1)C(C)(C)C. The van der Waals surface area contributed by atoms with Crippen LogP contribution in [0, 0.1) is 17.0 Å². The van der Waals surface area contributed by atoms with Crippen LogP contribution in [0.4, 0.5) is 8.78 Å². The number of imide groups is 1. The van der Waals surface area contributed by atoms with Crippen LogP contribution in [0.15, 0.2) is 85.1 Å². The fraction of sp³-hybridized carbons (Fsp3) is 0.442. The molecule has 6 N–H and O–H groups in total. The maximum atomic E-state index is 15.4. The first-order valence-electron chi connectivity index (χ1n) is 23.8. The lowest BCUT2D eigenvalue weighted by molar-refractivity contribution is -0.142. The number of hydrogen-bond donors (Lipinski definition) is 6. The van der Waals surface area contributed by atoms with Gasteiger partial charge in [-0.15, -0.1) is 11.8 Å². The molecule has 0 aliphatic carbocycles. The molecule has 0 spiro atoms. The molecule has 394 valence electrons. The van der Waals surface area contributed by atoms with Crippen LogP contribution in [-0.4, -0.2) is 127 Å². The molecule has 0 bridgehead atoms. The van der Waals surface area contributed by atoms with Crippen LogP contribution in [0.25, 0.3) is 11.1 Å². The molecule has 0 fully saturated rings. The molecule has 0 unspecified atom stereocenters. The fourth-order valence-electron chi connectivity index (χ4n) is 8.02. The van der Waals surface area contributed by atoms with E-state index in [1.54, 1.807) is 24.1 Å². The summed E-state index contributed by atoms with van der Waals surface area (Å²) in [4.78, 5) is 116. The lowest BCUT2D eigenvalue weighted by Gasteiger charge is -2.41. The van der Waals surface area contributed by atoms with E-state index in [9.17, 15) is 52.6 Å². The second kappa shape index (κ2) is 27.6. The number of amides is 7. The van der Waals surface area contributed by atoms with Crippen molar-refractivity contribution in [3.8, 4) is 11.1 Å². The predicted molar refractivity (Wildman–Crippen MR) is 269 cm³/mol.